The van der Waals surface area contributed by atoms with Crippen molar-refractivity contribution >= 4 is 107 Å². The summed E-state index contributed by atoms with van der Waals surface area (Å²) >= 11 is 0. The first-order valence-electron chi connectivity index (χ1n) is 46.3. The standard InChI is InChI=1S/C14H19N3O4S.C12H21N3O4S.C12H23N3O3S.2C11H21N3O4S.2C9H17N3O4S.3CH4/c18-14-17-11(6-4-5-9-13(17)16-21-14)10-15-22(19,20)12-7-2-1-3-8-12;1-2-3-8-20(17,18)13-9-10-6-4-5-7-11-14-19-12(16)15(10)11;1-2-7-19(17,18)14-8-10-5-3-4-6-11-13-9-12(16)15(10)11;2*1-2-7-19(16,17)12-8-9-5-3-4-6-10-13-18-11(15)14(9)10;2*1-17(14,15)10-6-7-4-2-3-5-8-11-16-9(13)12(7)8;;;/h1-3,7-8,11,13,15-16H,4-6,9-10H2;10,13H,2-9H2,1H3;10-11,13-14H,2-9H2,1H3;2*9-10,12-13H,2-8H2,1H3;2*7-8,10-11H,2-6H2,1H3;3*1H4. The van der Waals surface area contributed by atoms with E-state index in [0.29, 0.717) is 51.0 Å². The minimum atomic E-state index is -3.57. The van der Waals surface area contributed by atoms with Crippen LogP contribution in [0.5, 0.6) is 0 Å². The number of carbonyl (C=O) groups excluding carboxylic acids is 6. The van der Waals surface area contributed by atoms with Crippen LogP contribution in [0.3, 0.4) is 0 Å². The van der Waals surface area contributed by atoms with E-state index in [-0.39, 0.29) is 175 Å². The van der Waals surface area contributed by atoms with Gasteiger partial charge in [0.05, 0.1) is 89.4 Å². The van der Waals surface area contributed by atoms with Gasteiger partial charge in [0.25, 0.3) is 0 Å². The Labute approximate surface area is 803 Å². The zero-order valence-corrected chi connectivity index (χ0v) is 82.4. The molecular formula is C81H151N21O27S7. The van der Waals surface area contributed by atoms with Gasteiger partial charge in [-0.2, -0.15) is 0 Å². The van der Waals surface area contributed by atoms with Crippen molar-refractivity contribution in [2.24, 2.45) is 0 Å². The fourth-order valence-electron chi connectivity index (χ4n) is 17.9. The largest absolute Gasteiger partial charge is 0.441 e. The summed E-state index contributed by atoms with van der Waals surface area (Å²) in [5.41, 5.74) is 13.5. The molecule has 2 aromatic rings. The molecule has 12 saturated heterocycles. The molecule has 0 bridgehead atoms. The van der Waals surface area contributed by atoms with Crippen LogP contribution in [-0.4, -0.2) is 296 Å². The number of nitrogens with zero attached hydrogens (tertiary/aromatic N) is 8. The molecule has 1 aromatic heterocycles. The lowest BCUT2D eigenvalue weighted by molar-refractivity contribution is -0.130. The monoisotopic (exact) mass is 2070 g/mol. The average molecular weight is 2080 g/mol. The molecule has 12 fully saturated rings. The van der Waals surface area contributed by atoms with Gasteiger partial charge in [0.1, 0.15) is 30.8 Å². The lowest BCUT2D eigenvalue weighted by Gasteiger charge is -2.30. The van der Waals surface area contributed by atoms with E-state index >= 15 is 0 Å². The van der Waals surface area contributed by atoms with Gasteiger partial charge in [-0.3, -0.25) is 43.7 Å². The summed E-state index contributed by atoms with van der Waals surface area (Å²) in [5, 5.41) is 6.96. The van der Waals surface area contributed by atoms with Gasteiger partial charge in [-0.1, -0.05) is 125 Å². The zero-order valence-electron chi connectivity index (χ0n) is 76.7. The summed E-state index contributed by atoms with van der Waals surface area (Å²) in [7, 11) is -23.0. The number of amides is 6. The molecule has 0 radical (unpaired) electrons. The lowest BCUT2D eigenvalue weighted by Crippen LogP contribution is -2.48. The van der Waals surface area contributed by atoms with Crippen molar-refractivity contribution in [2.45, 2.75) is 346 Å². The second-order valence-electron chi connectivity index (χ2n) is 34.9. The van der Waals surface area contributed by atoms with Gasteiger partial charge in [-0.05, 0) is 166 Å². The van der Waals surface area contributed by atoms with Crippen LogP contribution in [0.15, 0.2) is 44.5 Å². The molecule has 6 amide bonds. The predicted octanol–water partition coefficient (Wildman–Crippen LogP) is 4.54. The van der Waals surface area contributed by atoms with Gasteiger partial charge in [-0.15, -0.1) is 27.4 Å². The molecule has 55 heteroatoms. The van der Waals surface area contributed by atoms with Crippen molar-refractivity contribution in [3.8, 4) is 0 Å². The molecule has 13 aliphatic rings. The van der Waals surface area contributed by atoms with Crippen LogP contribution in [0.2, 0.25) is 0 Å². The van der Waals surface area contributed by atoms with Crippen molar-refractivity contribution in [1.29, 1.82) is 0 Å². The molecule has 0 spiro atoms. The molecule has 13 aliphatic heterocycles. The van der Waals surface area contributed by atoms with Gasteiger partial charge >= 0.3 is 36.2 Å². The first-order chi connectivity index (χ1) is 63.2. The van der Waals surface area contributed by atoms with E-state index in [1.807, 2.05) is 32.6 Å². The number of aryl methyl sites for hydroxylation is 1. The normalized spacial score (nSPS) is 26.1. The number of nitrogens with one attached hydrogen (secondary N) is 13. The van der Waals surface area contributed by atoms with Gasteiger partial charge in [0.15, 0.2) is 5.82 Å². The quantitative estimate of drug-likeness (QED) is 0.0461. The number of aromatic nitrogens is 2. The fourth-order valence-corrected chi connectivity index (χ4v) is 24.6. The molecule has 48 nitrogen and oxygen atoms in total. The first kappa shape index (κ1) is 118. The third kappa shape index (κ3) is 36.9. The smallest absolute Gasteiger partial charge is 0.352 e. The summed E-state index contributed by atoms with van der Waals surface area (Å²) in [6.07, 6.45) is 28.0. The van der Waals surface area contributed by atoms with E-state index in [1.54, 1.807) is 54.8 Å². The van der Waals surface area contributed by atoms with Crippen molar-refractivity contribution in [3.63, 3.8) is 0 Å². The number of hydrogen-bond acceptors (Lipinski definition) is 34. The van der Waals surface area contributed by atoms with E-state index in [2.05, 4.69) is 75.5 Å². The van der Waals surface area contributed by atoms with Gasteiger partial charge in [0.2, 0.25) is 76.1 Å². The molecule has 14 heterocycles. The van der Waals surface area contributed by atoms with E-state index in [1.165, 1.54) is 4.57 Å². The molecule has 0 aliphatic carbocycles. The Morgan fingerprint density at radius 3 is 0.941 bits per heavy atom. The second kappa shape index (κ2) is 56.1. The Morgan fingerprint density at radius 1 is 0.338 bits per heavy atom. The summed E-state index contributed by atoms with van der Waals surface area (Å²) < 4.78 is 187. The number of benzene rings is 1. The minimum absolute atomic E-state index is 0. The zero-order chi connectivity index (χ0) is 96.7. The maximum atomic E-state index is 12.3. The SMILES string of the molecule is C.C.C.CCCCS(=O)(=O)NCC1CCCCc2noc(=O)n21.CCCS(=O)(=O)NCC1CCCCC2NCC(=O)N12.CCCS(=O)(=O)NCC1CCCCC2NOC(=O)N12.CCCS(=O)(=O)NCC1CCCCC2NOC(=O)N12.CS(=O)(=O)NCC1CCCCC2NOC(=O)N12.CS(=O)(=O)NCC1CCCCC2NOC(=O)N12.O=C1ONC2CCCCC(CNS(=O)(=O)c3ccccc3)N12. The number of hydroxylamine groups is 5. The van der Waals surface area contributed by atoms with Crippen LogP contribution in [0, 0.1) is 0 Å². The van der Waals surface area contributed by atoms with Crippen LogP contribution in [0.1, 0.15) is 267 Å². The molecular weight excluding hydrogens is 1920 g/mol. The lowest BCUT2D eigenvalue weighted by atomic mass is 10.1. The van der Waals surface area contributed by atoms with Crippen molar-refractivity contribution in [2.75, 3.05) is 87.9 Å². The second-order valence-corrected chi connectivity index (χ2v) is 48.1. The third-order valence-electron chi connectivity index (χ3n) is 24.5. The first-order valence-corrected chi connectivity index (χ1v) is 58.2. The minimum Gasteiger partial charge on any atom is -0.352 e. The molecule has 13 atom stereocenters. The maximum absolute atomic E-state index is 12.3. The molecule has 1 aromatic carbocycles. The number of sulfonamides is 7. The van der Waals surface area contributed by atoms with Gasteiger partial charge in [-0.25, -0.2) is 121 Å². The summed E-state index contributed by atoms with van der Waals surface area (Å²) in [6, 6.07) is 7.24. The highest BCUT2D eigenvalue weighted by atomic mass is 32.2. The molecule has 15 rings (SSSR count). The summed E-state index contributed by atoms with van der Waals surface area (Å²) in [6.45, 7) is 9.56. The number of hydrogen-bond donors (Lipinski definition) is 13. The molecule has 13 unspecified atom stereocenters. The van der Waals surface area contributed by atoms with E-state index < -0.39 is 106 Å². The van der Waals surface area contributed by atoms with Crippen LogP contribution >= 0.6 is 0 Å². The third-order valence-corrected chi connectivity index (χ3v) is 33.4. The topological polar surface area (TPSA) is 611 Å². The van der Waals surface area contributed by atoms with Crippen LogP contribution in [0.4, 0.5) is 24.0 Å². The number of fused-ring (bicyclic) bond motifs is 7. The van der Waals surface area contributed by atoms with Crippen molar-refractivity contribution < 1.29 is 116 Å². The molecule has 784 valence electrons. The Bertz CT molecular complexity index is 4740. The Morgan fingerprint density at radius 2 is 0.618 bits per heavy atom. The highest BCUT2D eigenvalue weighted by Gasteiger charge is 2.46. The van der Waals surface area contributed by atoms with Crippen molar-refractivity contribution in [3.05, 3.63) is 46.7 Å². The highest BCUT2D eigenvalue weighted by molar-refractivity contribution is 7.90. The van der Waals surface area contributed by atoms with Crippen LogP contribution < -0.4 is 71.5 Å². The number of unbranched alkanes of at least 4 members (excludes halogenated alkanes) is 1. The van der Waals surface area contributed by atoms with Crippen molar-refractivity contribution in [1.82, 2.24) is 105 Å². The Balaban J connectivity index is 0.000000243. The van der Waals surface area contributed by atoms with Crippen LogP contribution in [0.25, 0.3) is 0 Å². The van der Waals surface area contributed by atoms with E-state index in [0.717, 1.165) is 192 Å². The summed E-state index contributed by atoms with van der Waals surface area (Å²) in [4.78, 5) is 116. The molecule has 0 saturated carbocycles. The van der Waals surface area contributed by atoms with E-state index in [9.17, 15) is 92.5 Å². The maximum Gasteiger partial charge on any atom is 0.441 e. The Kier molecular flexibility index (Phi) is 48.6. The average Bonchev–Trinajstić information content (AvgIpc) is 1.72. The predicted molar refractivity (Wildman–Crippen MR) is 506 cm³/mol. The van der Waals surface area contributed by atoms with E-state index in [4.69, 9.17) is 24.2 Å². The highest BCUT2D eigenvalue weighted by Crippen LogP contribution is 2.32. The van der Waals surface area contributed by atoms with Gasteiger partial charge in [0, 0.05) is 58.3 Å². The molecule has 136 heavy (non-hydrogen) atoms. The Hall–Kier alpha value is -6.89. The number of carbonyl (C=O) groups is 6. The molecule has 13 N–H and O–H groups in total. The summed E-state index contributed by atoms with van der Waals surface area (Å²) in [5.74, 6) is 0.714. The number of rotatable bonds is 31. The van der Waals surface area contributed by atoms with Gasteiger partial charge < -0.3 is 29.1 Å². The van der Waals surface area contributed by atoms with Crippen LogP contribution in [-0.2, 0) is 106 Å². The fraction of sp³-hybridized carbons (Fsp3) is 0.827.